The van der Waals surface area contributed by atoms with Crippen LogP contribution in [-0.4, -0.2) is 30.6 Å². The molecule has 2 aromatic carbocycles. The SMILES string of the molecule is CCCOc1cccc(C(=O)NC(=S)Nc2ccc(NC(=O)c3cccs3)c(OC)c2)c1. The van der Waals surface area contributed by atoms with Crippen LogP contribution in [-0.2, 0) is 0 Å². The summed E-state index contributed by atoms with van der Waals surface area (Å²) < 4.78 is 10.9. The Kier molecular flexibility index (Phi) is 8.18. The van der Waals surface area contributed by atoms with Crippen LogP contribution in [0.4, 0.5) is 11.4 Å². The lowest BCUT2D eigenvalue weighted by molar-refractivity contribution is 0.0976. The molecule has 0 bridgehead atoms. The van der Waals surface area contributed by atoms with Crippen LogP contribution in [0.5, 0.6) is 11.5 Å². The summed E-state index contributed by atoms with van der Waals surface area (Å²) in [6.07, 6.45) is 0.879. The topological polar surface area (TPSA) is 88.7 Å². The minimum absolute atomic E-state index is 0.132. The maximum Gasteiger partial charge on any atom is 0.265 e. The average molecular weight is 470 g/mol. The van der Waals surface area contributed by atoms with E-state index >= 15 is 0 Å². The van der Waals surface area contributed by atoms with Gasteiger partial charge in [0.05, 0.1) is 24.3 Å². The Morgan fingerprint density at radius 3 is 2.59 bits per heavy atom. The van der Waals surface area contributed by atoms with Gasteiger partial charge < -0.3 is 20.1 Å². The first-order valence-corrected chi connectivity index (χ1v) is 11.2. The van der Waals surface area contributed by atoms with Crippen molar-refractivity contribution in [1.29, 1.82) is 0 Å². The van der Waals surface area contributed by atoms with Gasteiger partial charge in [0, 0.05) is 17.3 Å². The van der Waals surface area contributed by atoms with Crippen molar-refractivity contribution < 1.29 is 19.1 Å². The molecule has 0 fully saturated rings. The van der Waals surface area contributed by atoms with Crippen LogP contribution in [0, 0.1) is 0 Å². The predicted octanol–water partition coefficient (Wildman–Crippen LogP) is 4.92. The molecule has 0 atom stereocenters. The molecule has 0 aliphatic carbocycles. The molecule has 7 nitrogen and oxygen atoms in total. The summed E-state index contributed by atoms with van der Waals surface area (Å²) in [7, 11) is 1.51. The van der Waals surface area contributed by atoms with Crippen molar-refractivity contribution in [3.05, 3.63) is 70.4 Å². The fourth-order valence-corrected chi connectivity index (χ4v) is 3.58. The second kappa shape index (κ2) is 11.3. The van der Waals surface area contributed by atoms with E-state index in [0.29, 0.717) is 39.9 Å². The molecule has 1 heterocycles. The van der Waals surface area contributed by atoms with Crippen molar-refractivity contribution in [3.8, 4) is 11.5 Å². The zero-order valence-corrected chi connectivity index (χ0v) is 19.3. The highest BCUT2D eigenvalue weighted by molar-refractivity contribution is 7.80. The number of thiocarbonyl (C=S) groups is 1. The van der Waals surface area contributed by atoms with Gasteiger partial charge in [0.1, 0.15) is 11.5 Å². The first-order chi connectivity index (χ1) is 15.5. The van der Waals surface area contributed by atoms with Crippen molar-refractivity contribution >= 4 is 51.9 Å². The van der Waals surface area contributed by atoms with Gasteiger partial charge in [0.25, 0.3) is 11.8 Å². The van der Waals surface area contributed by atoms with Gasteiger partial charge in [0.15, 0.2) is 5.11 Å². The minimum atomic E-state index is -0.351. The molecule has 3 aromatic rings. The van der Waals surface area contributed by atoms with E-state index in [4.69, 9.17) is 21.7 Å². The van der Waals surface area contributed by atoms with Gasteiger partial charge in [-0.2, -0.15) is 0 Å². The van der Waals surface area contributed by atoms with Crippen LogP contribution in [0.2, 0.25) is 0 Å². The molecule has 0 saturated carbocycles. The molecule has 3 N–H and O–H groups in total. The van der Waals surface area contributed by atoms with Crippen LogP contribution in [0.25, 0.3) is 0 Å². The Hall–Kier alpha value is -3.43. The molecule has 0 aliphatic rings. The van der Waals surface area contributed by atoms with Crippen molar-refractivity contribution in [1.82, 2.24) is 5.32 Å². The highest BCUT2D eigenvalue weighted by atomic mass is 32.1. The molecule has 1 aromatic heterocycles. The number of carbonyl (C=O) groups is 2. The fraction of sp³-hybridized carbons (Fsp3) is 0.174. The highest BCUT2D eigenvalue weighted by Crippen LogP contribution is 2.29. The van der Waals surface area contributed by atoms with Gasteiger partial charge in [0.2, 0.25) is 0 Å². The van der Waals surface area contributed by atoms with Crippen LogP contribution in [0.3, 0.4) is 0 Å². The third-order valence-corrected chi connectivity index (χ3v) is 5.32. The molecule has 3 rings (SSSR count). The highest BCUT2D eigenvalue weighted by Gasteiger charge is 2.13. The number of methoxy groups -OCH3 is 1. The third-order valence-electron chi connectivity index (χ3n) is 4.25. The number of nitrogens with one attached hydrogen (secondary N) is 3. The normalized spacial score (nSPS) is 10.2. The number of amides is 2. The minimum Gasteiger partial charge on any atom is -0.494 e. The summed E-state index contributed by atoms with van der Waals surface area (Å²) in [5.41, 5.74) is 1.56. The first kappa shape index (κ1) is 23.2. The number of carbonyl (C=O) groups excluding carboxylic acids is 2. The molecule has 2 amide bonds. The number of benzene rings is 2. The van der Waals surface area contributed by atoms with Crippen molar-refractivity contribution in [3.63, 3.8) is 0 Å². The lowest BCUT2D eigenvalue weighted by Gasteiger charge is -2.14. The van der Waals surface area contributed by atoms with Crippen LogP contribution in [0.15, 0.2) is 60.0 Å². The Balaban J connectivity index is 1.62. The Bertz CT molecular complexity index is 1100. The van der Waals surface area contributed by atoms with Gasteiger partial charge in [-0.05, 0) is 60.4 Å². The number of hydrogen-bond acceptors (Lipinski definition) is 6. The summed E-state index contributed by atoms with van der Waals surface area (Å²) in [5, 5.41) is 10.4. The van der Waals surface area contributed by atoms with Crippen molar-refractivity contribution in [2.24, 2.45) is 0 Å². The molecule has 0 saturated heterocycles. The van der Waals surface area contributed by atoms with Gasteiger partial charge >= 0.3 is 0 Å². The van der Waals surface area contributed by atoms with Gasteiger partial charge in [-0.1, -0.05) is 19.1 Å². The van der Waals surface area contributed by atoms with E-state index in [1.54, 1.807) is 48.5 Å². The lowest BCUT2D eigenvalue weighted by Crippen LogP contribution is -2.34. The van der Waals surface area contributed by atoms with Crippen molar-refractivity contribution in [2.75, 3.05) is 24.4 Å². The zero-order chi connectivity index (χ0) is 22.9. The molecule has 0 radical (unpaired) electrons. The number of ether oxygens (including phenoxy) is 2. The largest absolute Gasteiger partial charge is 0.494 e. The second-order valence-electron chi connectivity index (χ2n) is 6.63. The molecule has 0 spiro atoms. The van der Waals surface area contributed by atoms with Gasteiger partial charge in [-0.3, -0.25) is 14.9 Å². The average Bonchev–Trinajstić information content (AvgIpc) is 3.34. The maximum absolute atomic E-state index is 12.5. The van der Waals surface area contributed by atoms with Crippen molar-refractivity contribution in [2.45, 2.75) is 13.3 Å². The zero-order valence-electron chi connectivity index (χ0n) is 17.6. The smallest absolute Gasteiger partial charge is 0.265 e. The van der Waals surface area contributed by atoms with E-state index in [-0.39, 0.29) is 16.9 Å². The first-order valence-electron chi connectivity index (χ1n) is 9.88. The number of rotatable bonds is 8. The molecule has 0 unspecified atom stereocenters. The summed E-state index contributed by atoms with van der Waals surface area (Å²) in [6.45, 7) is 2.59. The maximum atomic E-state index is 12.5. The van der Waals surface area contributed by atoms with E-state index < -0.39 is 0 Å². The molecule has 32 heavy (non-hydrogen) atoms. The Morgan fingerprint density at radius 2 is 1.88 bits per heavy atom. The van der Waals surface area contributed by atoms with E-state index in [9.17, 15) is 9.59 Å². The van der Waals surface area contributed by atoms with E-state index in [1.165, 1.54) is 18.4 Å². The number of anilines is 2. The summed E-state index contributed by atoms with van der Waals surface area (Å²) in [6, 6.07) is 15.6. The quantitative estimate of drug-likeness (QED) is 0.406. The molecule has 166 valence electrons. The molecule has 9 heteroatoms. The second-order valence-corrected chi connectivity index (χ2v) is 7.99. The number of thiophene rings is 1. The van der Waals surface area contributed by atoms with Crippen LogP contribution >= 0.6 is 23.6 Å². The third kappa shape index (κ3) is 6.29. The Morgan fingerprint density at radius 1 is 1.03 bits per heavy atom. The van der Waals surface area contributed by atoms with Gasteiger partial charge in [-0.25, -0.2) is 0 Å². The molecular weight excluding hydrogens is 446 g/mol. The lowest BCUT2D eigenvalue weighted by atomic mass is 10.2. The monoisotopic (exact) mass is 469 g/mol. The van der Waals surface area contributed by atoms with E-state index in [1.807, 2.05) is 18.4 Å². The fourth-order valence-electron chi connectivity index (χ4n) is 2.75. The number of hydrogen-bond donors (Lipinski definition) is 3. The Labute approximate surface area is 195 Å². The van der Waals surface area contributed by atoms with E-state index in [0.717, 1.165) is 6.42 Å². The standard InChI is InChI=1S/C23H23N3O4S2/c1-3-11-30-17-7-4-6-15(13-17)21(27)26-23(31)24-16-9-10-18(19(14-16)29-2)25-22(28)20-8-5-12-32-20/h4-10,12-14H,3,11H2,1-2H3,(H,25,28)(H2,24,26,27,31). The van der Waals surface area contributed by atoms with Crippen LogP contribution < -0.4 is 25.4 Å². The van der Waals surface area contributed by atoms with E-state index in [2.05, 4.69) is 16.0 Å². The molecule has 0 aliphatic heterocycles. The van der Waals surface area contributed by atoms with Gasteiger partial charge in [-0.15, -0.1) is 11.3 Å². The summed E-state index contributed by atoms with van der Waals surface area (Å²) in [4.78, 5) is 25.4. The summed E-state index contributed by atoms with van der Waals surface area (Å²) >= 11 is 6.62. The molecular formula is C23H23N3O4S2. The summed E-state index contributed by atoms with van der Waals surface area (Å²) in [5.74, 6) is 0.515. The predicted molar refractivity (Wildman–Crippen MR) is 131 cm³/mol. The van der Waals surface area contributed by atoms with Crippen LogP contribution in [0.1, 0.15) is 33.4 Å².